The first-order chi connectivity index (χ1) is 9.16. The van der Waals surface area contributed by atoms with E-state index in [1.165, 1.54) is 24.4 Å². The van der Waals surface area contributed by atoms with Crippen molar-refractivity contribution in [3.8, 4) is 0 Å². The number of aromatic nitrogens is 2. The molecule has 5 heteroatoms. The Hall–Kier alpha value is -2.20. The number of pyridine rings is 1. The first kappa shape index (κ1) is 11.9. The van der Waals surface area contributed by atoms with Gasteiger partial charge in [-0.2, -0.15) is 0 Å². The summed E-state index contributed by atoms with van der Waals surface area (Å²) in [6.45, 7) is 0. The smallest absolute Gasteiger partial charge is 0.195 e. The van der Waals surface area contributed by atoms with Gasteiger partial charge in [0.1, 0.15) is 11.5 Å². The Balaban J connectivity index is 2.17. The van der Waals surface area contributed by atoms with Crippen LogP contribution < -0.4 is 0 Å². The van der Waals surface area contributed by atoms with Gasteiger partial charge in [0.25, 0.3) is 0 Å². The van der Waals surface area contributed by atoms with E-state index >= 15 is 0 Å². The second kappa shape index (κ2) is 4.48. The standard InChI is InChI=1S/C14H8ClFN2O/c15-11-4-5-17-14-12(11)10(7-18-14)13(19)8-2-1-3-9(16)6-8/h1-7H,(H,17,18). The molecule has 0 aliphatic carbocycles. The fourth-order valence-corrected chi connectivity index (χ4v) is 2.23. The molecule has 1 aromatic carbocycles. The third-order valence-corrected chi connectivity index (χ3v) is 3.17. The van der Waals surface area contributed by atoms with E-state index in [4.69, 9.17) is 11.6 Å². The van der Waals surface area contributed by atoms with Crippen molar-refractivity contribution < 1.29 is 9.18 Å². The van der Waals surface area contributed by atoms with Gasteiger partial charge in [0.2, 0.25) is 0 Å². The van der Waals surface area contributed by atoms with Gasteiger partial charge in [0.05, 0.1) is 10.6 Å². The molecule has 3 nitrogen and oxygen atoms in total. The molecule has 0 amide bonds. The molecule has 0 aliphatic heterocycles. The van der Waals surface area contributed by atoms with Crippen LogP contribution in [0.1, 0.15) is 15.9 Å². The molecule has 0 saturated carbocycles. The Labute approximate surface area is 113 Å². The third-order valence-electron chi connectivity index (χ3n) is 2.85. The molecular weight excluding hydrogens is 267 g/mol. The lowest BCUT2D eigenvalue weighted by Crippen LogP contribution is -2.01. The Morgan fingerprint density at radius 1 is 1.32 bits per heavy atom. The lowest BCUT2D eigenvalue weighted by molar-refractivity contribution is 0.104. The molecule has 3 rings (SSSR count). The average Bonchev–Trinajstić information content (AvgIpc) is 2.83. The van der Waals surface area contributed by atoms with Crippen molar-refractivity contribution in [2.75, 3.05) is 0 Å². The van der Waals surface area contributed by atoms with E-state index in [0.29, 0.717) is 21.6 Å². The van der Waals surface area contributed by atoms with Crippen LogP contribution in [0.4, 0.5) is 4.39 Å². The number of ketones is 1. The number of nitrogens with zero attached hydrogens (tertiary/aromatic N) is 1. The van der Waals surface area contributed by atoms with Crippen molar-refractivity contribution in [1.29, 1.82) is 0 Å². The van der Waals surface area contributed by atoms with E-state index in [1.807, 2.05) is 0 Å². The van der Waals surface area contributed by atoms with E-state index in [-0.39, 0.29) is 11.3 Å². The minimum absolute atomic E-state index is 0.279. The molecule has 0 atom stereocenters. The number of aromatic amines is 1. The van der Waals surface area contributed by atoms with Gasteiger partial charge in [-0.3, -0.25) is 4.79 Å². The maximum absolute atomic E-state index is 13.2. The van der Waals surface area contributed by atoms with Crippen LogP contribution in [-0.4, -0.2) is 15.8 Å². The van der Waals surface area contributed by atoms with E-state index in [1.54, 1.807) is 18.3 Å². The van der Waals surface area contributed by atoms with Crippen LogP contribution in [-0.2, 0) is 0 Å². The van der Waals surface area contributed by atoms with E-state index in [9.17, 15) is 9.18 Å². The summed E-state index contributed by atoms with van der Waals surface area (Å²) in [5.41, 5.74) is 1.20. The fraction of sp³-hybridized carbons (Fsp3) is 0. The number of nitrogens with one attached hydrogen (secondary N) is 1. The normalized spacial score (nSPS) is 10.8. The van der Waals surface area contributed by atoms with Gasteiger partial charge in [-0.25, -0.2) is 9.37 Å². The van der Waals surface area contributed by atoms with Crippen molar-refractivity contribution in [1.82, 2.24) is 9.97 Å². The van der Waals surface area contributed by atoms with Crippen LogP contribution in [0.3, 0.4) is 0 Å². The van der Waals surface area contributed by atoms with Crippen LogP contribution in [0.25, 0.3) is 11.0 Å². The molecular formula is C14H8ClFN2O. The van der Waals surface area contributed by atoms with Crippen LogP contribution in [0.2, 0.25) is 5.02 Å². The molecule has 19 heavy (non-hydrogen) atoms. The summed E-state index contributed by atoms with van der Waals surface area (Å²) >= 11 is 6.08. The van der Waals surface area contributed by atoms with Gasteiger partial charge in [-0.05, 0) is 18.2 Å². The van der Waals surface area contributed by atoms with Crippen molar-refractivity contribution in [2.45, 2.75) is 0 Å². The van der Waals surface area contributed by atoms with Gasteiger partial charge < -0.3 is 4.98 Å². The first-order valence-electron chi connectivity index (χ1n) is 5.58. The molecule has 0 radical (unpaired) electrons. The zero-order valence-corrected chi connectivity index (χ0v) is 10.4. The molecule has 0 spiro atoms. The van der Waals surface area contributed by atoms with Crippen molar-refractivity contribution >= 4 is 28.4 Å². The summed E-state index contributed by atoms with van der Waals surface area (Å²) in [5.74, 6) is -0.740. The summed E-state index contributed by atoms with van der Waals surface area (Å²) in [5, 5.41) is 0.990. The van der Waals surface area contributed by atoms with E-state index in [2.05, 4.69) is 9.97 Å². The zero-order valence-electron chi connectivity index (χ0n) is 9.65. The number of hydrogen-bond donors (Lipinski definition) is 1. The number of H-pyrrole nitrogens is 1. The van der Waals surface area contributed by atoms with Crippen LogP contribution >= 0.6 is 11.6 Å². The minimum Gasteiger partial charge on any atom is -0.345 e. The number of carbonyl (C=O) groups excluding carboxylic acids is 1. The summed E-state index contributed by atoms with van der Waals surface area (Å²) in [7, 11) is 0. The Bertz CT molecular complexity index is 782. The molecule has 94 valence electrons. The van der Waals surface area contributed by atoms with Gasteiger partial charge in [-0.15, -0.1) is 0 Å². The molecule has 0 fully saturated rings. The largest absolute Gasteiger partial charge is 0.345 e. The molecule has 1 N–H and O–H groups in total. The minimum atomic E-state index is -0.449. The molecule has 0 aliphatic rings. The maximum atomic E-state index is 13.2. The lowest BCUT2D eigenvalue weighted by atomic mass is 10.0. The first-order valence-corrected chi connectivity index (χ1v) is 5.96. The summed E-state index contributed by atoms with van der Waals surface area (Å²) in [4.78, 5) is 19.3. The van der Waals surface area contributed by atoms with Crippen LogP contribution in [0, 0.1) is 5.82 Å². The summed E-state index contributed by atoms with van der Waals surface area (Å²) in [6, 6.07) is 7.16. The van der Waals surface area contributed by atoms with Gasteiger partial charge in [-0.1, -0.05) is 23.7 Å². The highest BCUT2D eigenvalue weighted by atomic mass is 35.5. The Kier molecular flexibility index (Phi) is 2.80. The molecule has 0 bridgehead atoms. The van der Waals surface area contributed by atoms with Crippen molar-refractivity contribution in [3.63, 3.8) is 0 Å². The Morgan fingerprint density at radius 3 is 2.95 bits per heavy atom. The molecule has 0 saturated heterocycles. The number of hydrogen-bond acceptors (Lipinski definition) is 2. The van der Waals surface area contributed by atoms with Gasteiger partial charge in [0, 0.05) is 23.3 Å². The Morgan fingerprint density at radius 2 is 2.16 bits per heavy atom. The molecule has 0 unspecified atom stereocenters. The predicted molar refractivity (Wildman–Crippen MR) is 70.9 cm³/mol. The number of carbonyl (C=O) groups is 1. The third kappa shape index (κ3) is 2.00. The van der Waals surface area contributed by atoms with Gasteiger partial charge >= 0.3 is 0 Å². The maximum Gasteiger partial charge on any atom is 0.195 e. The second-order valence-corrected chi connectivity index (χ2v) is 4.47. The van der Waals surface area contributed by atoms with Crippen molar-refractivity contribution in [3.05, 3.63) is 64.7 Å². The average molecular weight is 275 g/mol. The predicted octanol–water partition coefficient (Wildman–Crippen LogP) is 3.59. The summed E-state index contributed by atoms with van der Waals surface area (Å²) in [6.07, 6.45) is 3.09. The SMILES string of the molecule is O=C(c1cccc(F)c1)c1c[nH]c2nccc(Cl)c12. The quantitative estimate of drug-likeness (QED) is 0.726. The molecule has 3 aromatic rings. The highest BCUT2D eigenvalue weighted by Crippen LogP contribution is 2.26. The fourth-order valence-electron chi connectivity index (χ4n) is 1.98. The number of rotatable bonds is 2. The van der Waals surface area contributed by atoms with Crippen LogP contribution in [0.15, 0.2) is 42.7 Å². The van der Waals surface area contributed by atoms with Crippen LogP contribution in [0.5, 0.6) is 0 Å². The topological polar surface area (TPSA) is 45.8 Å². The number of halogens is 2. The van der Waals surface area contributed by atoms with E-state index in [0.717, 1.165) is 0 Å². The highest BCUT2D eigenvalue weighted by Gasteiger charge is 2.17. The second-order valence-electron chi connectivity index (χ2n) is 4.06. The zero-order chi connectivity index (χ0) is 13.4. The molecule has 2 aromatic heterocycles. The lowest BCUT2D eigenvalue weighted by Gasteiger charge is -2.01. The summed E-state index contributed by atoms with van der Waals surface area (Å²) < 4.78 is 13.2. The molecule has 2 heterocycles. The highest BCUT2D eigenvalue weighted by molar-refractivity contribution is 6.37. The number of fused-ring (bicyclic) bond motifs is 1. The monoisotopic (exact) mass is 274 g/mol. The van der Waals surface area contributed by atoms with E-state index < -0.39 is 5.82 Å². The van der Waals surface area contributed by atoms with Gasteiger partial charge in [0.15, 0.2) is 5.78 Å². The van der Waals surface area contributed by atoms with Crippen molar-refractivity contribution in [2.24, 2.45) is 0 Å². The number of benzene rings is 1.